The molecule has 0 saturated carbocycles. The highest BCUT2D eigenvalue weighted by molar-refractivity contribution is 7.17. The second-order valence-corrected chi connectivity index (χ2v) is 11.8. The predicted molar refractivity (Wildman–Crippen MR) is 140 cm³/mol. The van der Waals surface area contributed by atoms with E-state index in [0.717, 1.165) is 49.3 Å². The number of carbonyl (C=O) groups is 2. The Morgan fingerprint density at radius 2 is 1.80 bits per heavy atom. The van der Waals surface area contributed by atoms with Gasteiger partial charge >= 0.3 is 6.18 Å². The molecule has 2 aromatic rings. The molecule has 2 bridgehead atoms. The van der Waals surface area contributed by atoms with Gasteiger partial charge in [0.2, 0.25) is 0 Å². The predicted octanol–water partition coefficient (Wildman–Crippen LogP) is 5.51. The molecule has 2 saturated heterocycles. The van der Waals surface area contributed by atoms with E-state index in [0.29, 0.717) is 0 Å². The van der Waals surface area contributed by atoms with E-state index in [4.69, 9.17) is 0 Å². The van der Waals surface area contributed by atoms with Crippen molar-refractivity contribution in [2.24, 2.45) is 0 Å². The zero-order valence-electron chi connectivity index (χ0n) is 22.6. The number of hydrogen-bond acceptors (Lipinski definition) is 7. The van der Waals surface area contributed by atoms with Gasteiger partial charge in [0, 0.05) is 36.5 Å². The van der Waals surface area contributed by atoms with Crippen molar-refractivity contribution < 1.29 is 36.6 Å². The van der Waals surface area contributed by atoms with Gasteiger partial charge in [-0.15, -0.1) is 11.3 Å². The molecule has 2 N–H and O–H groups in total. The number of pyridine rings is 1. The first kappa shape index (κ1) is 30.1. The van der Waals surface area contributed by atoms with Crippen molar-refractivity contribution in [1.29, 1.82) is 0 Å². The van der Waals surface area contributed by atoms with E-state index in [-0.39, 0.29) is 52.1 Å². The normalized spacial score (nSPS) is 19.8. The van der Waals surface area contributed by atoms with Crippen LogP contribution in [0.25, 0.3) is 10.4 Å². The molecule has 1 unspecified atom stereocenters. The van der Waals surface area contributed by atoms with Crippen LogP contribution >= 0.6 is 11.3 Å². The van der Waals surface area contributed by atoms with Crippen molar-refractivity contribution in [2.75, 3.05) is 19.0 Å². The smallest absolute Gasteiger partial charge is 0.394 e. The second-order valence-electron chi connectivity index (χ2n) is 10.8. The summed E-state index contributed by atoms with van der Waals surface area (Å²) < 4.78 is 68.5. The number of alkyl halides is 5. The Labute approximate surface area is 232 Å². The van der Waals surface area contributed by atoms with Gasteiger partial charge in [0.1, 0.15) is 17.6 Å². The number of aliphatic hydroxyl groups excluding tert-OH is 1. The Bertz CT molecular complexity index is 1250. The van der Waals surface area contributed by atoms with Gasteiger partial charge in [-0.3, -0.25) is 9.59 Å². The summed E-state index contributed by atoms with van der Waals surface area (Å²) in [5.41, 5.74) is -1.97. The summed E-state index contributed by atoms with van der Waals surface area (Å²) in [5.74, 6) is -1.49. The van der Waals surface area contributed by atoms with Gasteiger partial charge < -0.3 is 20.2 Å². The number of thiazole rings is 1. The first-order chi connectivity index (χ1) is 18.7. The van der Waals surface area contributed by atoms with Gasteiger partial charge in [-0.2, -0.15) is 13.2 Å². The van der Waals surface area contributed by atoms with Gasteiger partial charge in [0.05, 0.1) is 17.0 Å². The maximum Gasteiger partial charge on any atom is 0.408 e. The number of halogens is 5. The first-order valence-electron chi connectivity index (χ1n) is 13.0. The van der Waals surface area contributed by atoms with Crippen molar-refractivity contribution >= 4 is 29.0 Å². The number of amides is 2. The molecule has 4 rings (SSSR count). The molecular weight excluding hydrogens is 557 g/mol. The number of likely N-dealkylation sites (N-methyl/N-ethyl adjacent to an activating group) is 1. The van der Waals surface area contributed by atoms with Crippen LogP contribution in [0, 0.1) is 0 Å². The first-order valence-corrected chi connectivity index (χ1v) is 13.9. The van der Waals surface area contributed by atoms with Gasteiger partial charge in [-0.05, 0) is 52.0 Å². The molecule has 0 radical (unpaired) electrons. The molecule has 2 amide bonds. The Balaban J connectivity index is 1.81. The van der Waals surface area contributed by atoms with E-state index >= 15 is 0 Å². The molecular formula is C26H32F5N5O3S. The summed E-state index contributed by atoms with van der Waals surface area (Å²) in [7, 11) is 1.46. The fraction of sp³-hybridized carbons (Fsp3) is 0.615. The molecule has 220 valence electrons. The molecule has 0 aliphatic carbocycles. The van der Waals surface area contributed by atoms with E-state index < -0.39 is 41.6 Å². The lowest BCUT2D eigenvalue weighted by atomic mass is 10.0. The number of anilines is 1. The lowest BCUT2D eigenvalue weighted by Gasteiger charge is -2.33. The Hall–Kier alpha value is -2.87. The zero-order chi connectivity index (χ0) is 29.6. The number of rotatable bonds is 9. The summed E-state index contributed by atoms with van der Waals surface area (Å²) in [5, 5.41) is 11.7. The SMILES string of the molecule is CCC(Nc1cc(C(F)F)c(-c2sc(C(=O)N(C)C(C)(C)CO)nc2C(=O)N2C3CCC2CC3)cn1)C(F)(F)F. The fourth-order valence-electron chi connectivity index (χ4n) is 5.14. The Morgan fingerprint density at radius 3 is 2.30 bits per heavy atom. The van der Waals surface area contributed by atoms with Crippen molar-refractivity contribution in [3.05, 3.63) is 28.5 Å². The molecule has 0 aromatic carbocycles. The summed E-state index contributed by atoms with van der Waals surface area (Å²) in [6.45, 7) is 4.20. The van der Waals surface area contributed by atoms with Crippen molar-refractivity contribution in [3.8, 4) is 10.4 Å². The van der Waals surface area contributed by atoms with Crippen LogP contribution in [0.5, 0.6) is 0 Å². The van der Waals surface area contributed by atoms with Crippen molar-refractivity contribution in [1.82, 2.24) is 19.8 Å². The molecule has 4 heterocycles. The molecule has 8 nitrogen and oxygen atoms in total. The number of aromatic nitrogens is 2. The van der Waals surface area contributed by atoms with E-state index in [2.05, 4.69) is 15.3 Å². The average molecular weight is 590 g/mol. The van der Waals surface area contributed by atoms with Crippen LogP contribution in [-0.4, -0.2) is 80.2 Å². The molecule has 2 fully saturated rings. The largest absolute Gasteiger partial charge is 0.408 e. The maximum atomic E-state index is 14.3. The van der Waals surface area contributed by atoms with E-state index in [1.54, 1.807) is 18.7 Å². The summed E-state index contributed by atoms with van der Waals surface area (Å²) in [6, 6.07) is -1.16. The highest BCUT2D eigenvalue weighted by Crippen LogP contribution is 2.43. The quantitative estimate of drug-likeness (QED) is 0.375. The Kier molecular flexibility index (Phi) is 8.42. The van der Waals surface area contributed by atoms with Gasteiger partial charge in [0.15, 0.2) is 5.01 Å². The summed E-state index contributed by atoms with van der Waals surface area (Å²) in [4.78, 5) is 38.3. The minimum atomic E-state index is -4.62. The van der Waals surface area contributed by atoms with Crippen LogP contribution in [0.4, 0.5) is 27.8 Å². The number of nitrogens with one attached hydrogen (secondary N) is 1. The van der Waals surface area contributed by atoms with E-state index in [1.807, 2.05) is 0 Å². The summed E-state index contributed by atoms with van der Waals surface area (Å²) in [6.07, 6.45) is -3.82. The van der Waals surface area contributed by atoms with E-state index in [1.165, 1.54) is 18.9 Å². The lowest BCUT2D eigenvalue weighted by Crippen LogP contribution is -2.47. The van der Waals surface area contributed by atoms with Gasteiger partial charge in [0.25, 0.3) is 18.2 Å². The van der Waals surface area contributed by atoms with Crippen molar-refractivity contribution in [2.45, 2.75) is 89.1 Å². The molecule has 2 aliphatic rings. The van der Waals surface area contributed by atoms with Crippen LogP contribution in [0.1, 0.15) is 85.2 Å². The van der Waals surface area contributed by atoms with E-state index in [9.17, 15) is 36.6 Å². The molecule has 0 spiro atoms. The van der Waals surface area contributed by atoms with Crippen LogP contribution in [-0.2, 0) is 0 Å². The number of carbonyl (C=O) groups excluding carboxylic acids is 2. The standard InChI is InChI=1S/C26H32F5N5O3S/c1-5-17(26(29,30)31)33-18-10-15(21(27)28)16(11-32-18)20-19(23(38)36-13-6-7-14(36)9-8-13)34-22(40-20)24(39)35(4)25(2,3)12-37/h10-11,13-14,17,21,37H,5-9,12H2,1-4H3,(H,32,33). The highest BCUT2D eigenvalue weighted by atomic mass is 32.1. The fourth-order valence-corrected chi connectivity index (χ4v) is 6.21. The molecule has 40 heavy (non-hydrogen) atoms. The second kappa shape index (κ2) is 11.2. The minimum Gasteiger partial charge on any atom is -0.394 e. The van der Waals surface area contributed by atoms with Gasteiger partial charge in [-0.25, -0.2) is 18.7 Å². The molecule has 14 heteroatoms. The van der Waals surface area contributed by atoms with Crippen LogP contribution < -0.4 is 5.32 Å². The monoisotopic (exact) mass is 589 g/mol. The Morgan fingerprint density at radius 1 is 1.20 bits per heavy atom. The number of nitrogens with zero attached hydrogens (tertiary/aromatic N) is 4. The molecule has 2 aliphatic heterocycles. The topological polar surface area (TPSA) is 98.7 Å². The van der Waals surface area contributed by atoms with Crippen LogP contribution in [0.3, 0.4) is 0 Å². The third-order valence-electron chi connectivity index (χ3n) is 7.84. The van der Waals surface area contributed by atoms with Crippen LogP contribution in [0.15, 0.2) is 12.3 Å². The maximum absolute atomic E-state index is 14.3. The average Bonchev–Trinajstić information content (AvgIpc) is 3.64. The number of aliphatic hydroxyl groups is 1. The lowest BCUT2D eigenvalue weighted by molar-refractivity contribution is -0.142. The zero-order valence-corrected chi connectivity index (χ0v) is 23.4. The number of fused-ring (bicyclic) bond motifs is 2. The summed E-state index contributed by atoms with van der Waals surface area (Å²) >= 11 is 0.741. The third kappa shape index (κ3) is 5.65. The minimum absolute atomic E-state index is 0.00480. The molecule has 1 atom stereocenters. The third-order valence-corrected chi connectivity index (χ3v) is 8.92. The highest BCUT2D eigenvalue weighted by Gasteiger charge is 2.44. The van der Waals surface area contributed by atoms with Crippen LogP contribution in [0.2, 0.25) is 0 Å². The number of hydrogen-bond donors (Lipinski definition) is 2. The van der Waals surface area contributed by atoms with Gasteiger partial charge in [-0.1, -0.05) is 6.92 Å². The van der Waals surface area contributed by atoms with Crippen molar-refractivity contribution in [3.63, 3.8) is 0 Å². The molecule has 2 aromatic heterocycles.